The number of hydrogen-bond acceptors (Lipinski definition) is 7. The molecule has 0 aliphatic carbocycles. The minimum absolute atomic E-state index is 0.0255. The number of aromatic nitrogens is 2. The molecule has 1 fully saturated rings. The van der Waals surface area contributed by atoms with Gasteiger partial charge in [0.15, 0.2) is 0 Å². The van der Waals surface area contributed by atoms with Gasteiger partial charge in [-0.3, -0.25) is 14.6 Å². The molecule has 8 heteroatoms. The van der Waals surface area contributed by atoms with Gasteiger partial charge in [-0.2, -0.15) is 9.97 Å². The van der Waals surface area contributed by atoms with Crippen molar-refractivity contribution in [2.24, 2.45) is 0 Å². The van der Waals surface area contributed by atoms with Crippen molar-refractivity contribution in [3.8, 4) is 6.01 Å². The number of carbonyl (C=O) groups is 1. The van der Waals surface area contributed by atoms with E-state index in [4.69, 9.17) is 10.5 Å². The molecule has 1 unspecified atom stereocenters. The molecule has 3 rings (SSSR count). The molecule has 156 valence electrons. The average Bonchev–Trinajstić information content (AvgIpc) is 3.00. The molecular weight excluding hydrogens is 358 g/mol. The summed E-state index contributed by atoms with van der Waals surface area (Å²) >= 11 is 0. The number of carbonyl (C=O) groups excluding carboxylic acids is 1. The van der Waals surface area contributed by atoms with Gasteiger partial charge in [0.1, 0.15) is 11.6 Å². The molecule has 0 spiro atoms. The molecule has 1 amide bonds. The summed E-state index contributed by atoms with van der Waals surface area (Å²) in [7, 11) is 0. The third kappa shape index (κ3) is 4.91. The number of nitrogens with two attached hydrogens (primary N) is 1. The van der Waals surface area contributed by atoms with Crippen molar-refractivity contribution in [3.05, 3.63) is 5.56 Å². The summed E-state index contributed by atoms with van der Waals surface area (Å²) in [5, 5.41) is 9.28. The molecule has 0 aromatic carbocycles. The topological polar surface area (TPSA) is 105 Å². The van der Waals surface area contributed by atoms with Gasteiger partial charge in [-0.15, -0.1) is 0 Å². The Labute approximate surface area is 167 Å². The number of anilines is 2. The van der Waals surface area contributed by atoms with Crippen molar-refractivity contribution < 1.29 is 14.6 Å². The number of nitrogens with zero attached hydrogens (tertiary/aromatic N) is 4. The second-order valence-electron chi connectivity index (χ2n) is 7.67. The molecule has 0 bridgehead atoms. The summed E-state index contributed by atoms with van der Waals surface area (Å²) in [4.78, 5) is 25.3. The number of hydrogen-bond donors (Lipinski definition) is 2. The van der Waals surface area contributed by atoms with Crippen molar-refractivity contribution >= 4 is 17.5 Å². The van der Waals surface area contributed by atoms with E-state index in [0.717, 1.165) is 45.2 Å². The van der Waals surface area contributed by atoms with Crippen LogP contribution < -0.4 is 15.4 Å². The molecule has 28 heavy (non-hydrogen) atoms. The normalized spacial score (nSPS) is 19.9. The minimum atomic E-state index is 0.0255. The number of rotatable bonds is 10. The Balaban J connectivity index is 1.61. The summed E-state index contributed by atoms with van der Waals surface area (Å²) < 4.78 is 5.61. The number of fused-ring (bicyclic) bond motifs is 1. The molecule has 2 aliphatic heterocycles. The van der Waals surface area contributed by atoms with Gasteiger partial charge in [0.2, 0.25) is 5.91 Å². The summed E-state index contributed by atoms with van der Waals surface area (Å²) in [5.41, 5.74) is 6.77. The number of aliphatic hydroxyl groups is 1. The number of aliphatic hydroxyl groups excluding tert-OH is 1. The molecule has 2 aliphatic rings. The van der Waals surface area contributed by atoms with Crippen LogP contribution in [0.3, 0.4) is 0 Å². The summed E-state index contributed by atoms with van der Waals surface area (Å²) in [6.07, 6.45) is 7.72. The van der Waals surface area contributed by atoms with Crippen molar-refractivity contribution in [2.75, 3.05) is 43.5 Å². The second kappa shape index (κ2) is 10.0. The minimum Gasteiger partial charge on any atom is -0.463 e. The van der Waals surface area contributed by atoms with E-state index in [0.29, 0.717) is 36.4 Å². The van der Waals surface area contributed by atoms with E-state index in [2.05, 4.69) is 21.8 Å². The van der Waals surface area contributed by atoms with E-state index < -0.39 is 0 Å². The lowest BCUT2D eigenvalue weighted by Gasteiger charge is -2.35. The number of ether oxygens (including phenoxy) is 1. The van der Waals surface area contributed by atoms with Crippen LogP contribution in [-0.4, -0.2) is 64.8 Å². The van der Waals surface area contributed by atoms with Gasteiger partial charge in [-0.1, -0.05) is 19.8 Å². The Kier molecular flexibility index (Phi) is 7.44. The van der Waals surface area contributed by atoms with Crippen molar-refractivity contribution in [1.82, 2.24) is 14.9 Å². The third-order valence-electron chi connectivity index (χ3n) is 5.67. The van der Waals surface area contributed by atoms with Gasteiger partial charge >= 0.3 is 6.01 Å². The molecule has 0 saturated carbocycles. The zero-order chi connectivity index (χ0) is 19.9. The number of piperidine rings is 1. The number of unbranched alkanes of at least 4 members (excludes halogenated alkanes) is 1. The predicted molar refractivity (Wildman–Crippen MR) is 108 cm³/mol. The summed E-state index contributed by atoms with van der Waals surface area (Å²) in [6.45, 7) is 5.25. The van der Waals surface area contributed by atoms with Crippen LogP contribution in [0, 0.1) is 0 Å². The standard InChI is InChI=1S/C20H33N5O3/c1-2-3-13-28-20-22-18(21)16-14-17(27)25(19(16)23-20)10-6-8-15-7-4-5-9-24(15)11-12-26/h15,26H,2-14H2,1H3,(H2,21,22,23). The largest absolute Gasteiger partial charge is 0.463 e. The number of likely N-dealkylation sites (tertiary alicyclic amines) is 1. The maximum absolute atomic E-state index is 12.5. The van der Waals surface area contributed by atoms with Crippen molar-refractivity contribution in [2.45, 2.75) is 64.3 Å². The van der Waals surface area contributed by atoms with E-state index in [1.807, 2.05) is 0 Å². The van der Waals surface area contributed by atoms with E-state index in [1.54, 1.807) is 4.90 Å². The lowest BCUT2D eigenvalue weighted by Crippen LogP contribution is -2.41. The van der Waals surface area contributed by atoms with Crippen LogP contribution in [0.25, 0.3) is 0 Å². The van der Waals surface area contributed by atoms with Crippen molar-refractivity contribution in [1.29, 1.82) is 0 Å². The zero-order valence-corrected chi connectivity index (χ0v) is 16.9. The van der Waals surface area contributed by atoms with Gasteiger partial charge in [-0.25, -0.2) is 0 Å². The smallest absolute Gasteiger partial charge is 0.320 e. The summed E-state index contributed by atoms with van der Waals surface area (Å²) in [5.74, 6) is 0.978. The monoisotopic (exact) mass is 391 g/mol. The fourth-order valence-electron chi connectivity index (χ4n) is 4.12. The second-order valence-corrected chi connectivity index (χ2v) is 7.67. The average molecular weight is 392 g/mol. The number of amides is 1. The molecule has 3 heterocycles. The van der Waals surface area contributed by atoms with Crippen LogP contribution in [0.15, 0.2) is 0 Å². The molecule has 8 nitrogen and oxygen atoms in total. The van der Waals surface area contributed by atoms with Gasteiger partial charge in [0, 0.05) is 24.7 Å². The van der Waals surface area contributed by atoms with Gasteiger partial charge < -0.3 is 15.6 Å². The number of β-amino-alcohol motifs (C(OH)–C–C–N with tert-alkyl or cyclic N) is 1. The Bertz CT molecular complexity index is 667. The maximum atomic E-state index is 12.5. The number of nitrogen functional groups attached to an aromatic ring is 1. The lowest BCUT2D eigenvalue weighted by atomic mass is 9.98. The van der Waals surface area contributed by atoms with Crippen LogP contribution in [0.4, 0.5) is 11.6 Å². The van der Waals surface area contributed by atoms with Gasteiger partial charge in [0.25, 0.3) is 0 Å². The summed E-state index contributed by atoms with van der Waals surface area (Å²) in [6, 6.07) is 0.743. The Hall–Kier alpha value is -1.93. The molecular formula is C20H33N5O3. The first-order valence-electron chi connectivity index (χ1n) is 10.6. The molecule has 3 N–H and O–H groups in total. The third-order valence-corrected chi connectivity index (χ3v) is 5.67. The van der Waals surface area contributed by atoms with Crippen LogP contribution in [0.5, 0.6) is 6.01 Å². The fourth-order valence-corrected chi connectivity index (χ4v) is 4.12. The van der Waals surface area contributed by atoms with Crippen LogP contribution >= 0.6 is 0 Å². The highest BCUT2D eigenvalue weighted by Crippen LogP contribution is 2.32. The predicted octanol–water partition coefficient (Wildman–Crippen LogP) is 1.75. The van der Waals surface area contributed by atoms with E-state index in [1.165, 1.54) is 12.8 Å². The molecule has 1 atom stereocenters. The van der Waals surface area contributed by atoms with E-state index >= 15 is 0 Å². The molecule has 1 aromatic heterocycles. The zero-order valence-electron chi connectivity index (χ0n) is 16.9. The highest BCUT2D eigenvalue weighted by Gasteiger charge is 2.32. The van der Waals surface area contributed by atoms with Gasteiger partial charge in [-0.05, 0) is 38.6 Å². The molecule has 1 saturated heterocycles. The van der Waals surface area contributed by atoms with Crippen molar-refractivity contribution in [3.63, 3.8) is 0 Å². The molecule has 0 radical (unpaired) electrons. The van der Waals surface area contributed by atoms with Crippen LogP contribution in [0.1, 0.15) is 57.4 Å². The van der Waals surface area contributed by atoms with Crippen LogP contribution in [-0.2, 0) is 11.2 Å². The lowest BCUT2D eigenvalue weighted by molar-refractivity contribution is -0.117. The first kappa shape index (κ1) is 20.8. The first-order chi connectivity index (χ1) is 13.6. The van der Waals surface area contributed by atoms with E-state index in [-0.39, 0.29) is 24.9 Å². The maximum Gasteiger partial charge on any atom is 0.320 e. The Morgan fingerprint density at radius 2 is 2.11 bits per heavy atom. The highest BCUT2D eigenvalue weighted by molar-refractivity contribution is 6.01. The Morgan fingerprint density at radius 3 is 2.89 bits per heavy atom. The van der Waals surface area contributed by atoms with Gasteiger partial charge in [0.05, 0.1) is 19.6 Å². The SMILES string of the molecule is CCCCOc1nc(N)c2c(n1)N(CCCC1CCCCN1CCO)C(=O)C2. The quantitative estimate of drug-likeness (QED) is 0.586. The fraction of sp³-hybridized carbons (Fsp3) is 0.750. The Morgan fingerprint density at radius 1 is 1.25 bits per heavy atom. The van der Waals surface area contributed by atoms with E-state index in [9.17, 15) is 9.90 Å². The van der Waals surface area contributed by atoms with Crippen LogP contribution in [0.2, 0.25) is 0 Å². The highest BCUT2D eigenvalue weighted by atomic mass is 16.5. The molecule has 1 aromatic rings. The first-order valence-corrected chi connectivity index (χ1v) is 10.6.